The number of carbonyl (C=O) groups excluding carboxylic acids is 1. The van der Waals surface area contributed by atoms with Crippen LogP contribution in [0.4, 0.5) is 5.69 Å². The van der Waals surface area contributed by atoms with Crippen molar-refractivity contribution in [1.82, 2.24) is 5.32 Å². The molecule has 7 heteroatoms. The number of rotatable bonds is 7. The Morgan fingerprint density at radius 3 is 2.56 bits per heavy atom. The number of aliphatic imine (C=N–C) groups is 1. The lowest BCUT2D eigenvalue weighted by molar-refractivity contribution is -0.136. The summed E-state index contributed by atoms with van der Waals surface area (Å²) in [4.78, 5) is 27.1. The Hall–Kier alpha value is -2.42. The molecule has 6 nitrogen and oxygen atoms in total. The van der Waals surface area contributed by atoms with Gasteiger partial charge in [0.1, 0.15) is 0 Å². The van der Waals surface area contributed by atoms with Gasteiger partial charge in [-0.1, -0.05) is 30.3 Å². The third-order valence-electron chi connectivity index (χ3n) is 3.39. The molecule has 0 spiro atoms. The van der Waals surface area contributed by atoms with E-state index < -0.39 is 5.97 Å². The van der Waals surface area contributed by atoms with Gasteiger partial charge in [0.05, 0.1) is 12.1 Å². The Balaban J connectivity index is 1.92. The molecule has 0 saturated carbocycles. The molecule has 0 aromatic heterocycles. The van der Waals surface area contributed by atoms with Gasteiger partial charge >= 0.3 is 5.97 Å². The van der Waals surface area contributed by atoms with Gasteiger partial charge in [0.25, 0.3) is 5.91 Å². The molecule has 0 atom stereocenters. The summed E-state index contributed by atoms with van der Waals surface area (Å²) in [6.45, 7) is 0.456. The zero-order valence-electron chi connectivity index (χ0n) is 13.4. The minimum atomic E-state index is -0.861. The van der Waals surface area contributed by atoms with Gasteiger partial charge in [0.2, 0.25) is 0 Å². The zero-order valence-corrected chi connectivity index (χ0v) is 15.6. The van der Waals surface area contributed by atoms with Gasteiger partial charge in [-0.3, -0.25) is 9.59 Å². The first-order valence-corrected chi connectivity index (χ1v) is 8.69. The third kappa shape index (κ3) is 6.54. The van der Waals surface area contributed by atoms with Crippen LogP contribution in [0, 0.1) is 0 Å². The van der Waals surface area contributed by atoms with Crippen LogP contribution in [0.5, 0.6) is 0 Å². The number of amidine groups is 1. The van der Waals surface area contributed by atoms with E-state index in [-0.39, 0.29) is 12.3 Å². The van der Waals surface area contributed by atoms with Crippen molar-refractivity contribution >= 4 is 44.0 Å². The minimum Gasteiger partial charge on any atom is -0.481 e. The highest BCUT2D eigenvalue weighted by molar-refractivity contribution is 14.1. The van der Waals surface area contributed by atoms with E-state index in [0.717, 1.165) is 11.1 Å². The fraction of sp³-hybridized carbons (Fsp3) is 0.167. The molecule has 0 unspecified atom stereocenters. The topological polar surface area (TPSA) is 105 Å². The third-order valence-corrected chi connectivity index (χ3v) is 3.63. The van der Waals surface area contributed by atoms with Crippen LogP contribution in [-0.4, -0.2) is 27.4 Å². The molecule has 0 bridgehead atoms. The van der Waals surface area contributed by atoms with Crippen LogP contribution in [0.3, 0.4) is 0 Å². The summed E-state index contributed by atoms with van der Waals surface area (Å²) < 4.78 is 0.399. The van der Waals surface area contributed by atoms with Crippen molar-refractivity contribution in [3.63, 3.8) is 0 Å². The Labute approximate surface area is 159 Å². The highest BCUT2D eigenvalue weighted by Crippen LogP contribution is 2.15. The van der Waals surface area contributed by atoms with Gasteiger partial charge < -0.3 is 16.2 Å². The van der Waals surface area contributed by atoms with E-state index in [4.69, 9.17) is 10.8 Å². The number of hydrogen-bond donors (Lipinski definition) is 3. The highest BCUT2D eigenvalue weighted by atomic mass is 127. The number of hydrogen-bond acceptors (Lipinski definition) is 3. The highest BCUT2D eigenvalue weighted by Gasteiger charge is 2.06. The van der Waals surface area contributed by atoms with Crippen LogP contribution in [0.1, 0.15) is 21.5 Å². The molecule has 0 saturated heterocycles. The van der Waals surface area contributed by atoms with Crippen LogP contribution in [-0.2, 0) is 17.6 Å². The lowest BCUT2D eigenvalue weighted by Gasteiger charge is -2.07. The second-order valence-corrected chi connectivity index (χ2v) is 6.49. The fourth-order valence-electron chi connectivity index (χ4n) is 2.33. The van der Waals surface area contributed by atoms with Crippen molar-refractivity contribution in [3.8, 4) is 0 Å². The second-order valence-electron chi connectivity index (χ2n) is 5.38. The molecule has 4 N–H and O–H groups in total. The molecule has 25 heavy (non-hydrogen) atoms. The molecule has 130 valence electrons. The molecule has 2 aromatic carbocycles. The zero-order chi connectivity index (χ0) is 18.2. The van der Waals surface area contributed by atoms with Gasteiger partial charge in [-0.25, -0.2) is 4.99 Å². The van der Waals surface area contributed by atoms with E-state index in [2.05, 4.69) is 10.3 Å². The van der Waals surface area contributed by atoms with Crippen molar-refractivity contribution in [2.24, 2.45) is 10.7 Å². The summed E-state index contributed by atoms with van der Waals surface area (Å²) in [5.41, 5.74) is 8.41. The monoisotopic (exact) mass is 451 g/mol. The molecule has 2 aromatic rings. The number of nitrogens with two attached hydrogens (primary N) is 1. The predicted octanol–water partition coefficient (Wildman–Crippen LogP) is 2.67. The standard InChI is InChI=1S/C18H18IN3O3/c19-18(20)22-15-6-2-5-14(11-15)17(25)21-8-7-12-3-1-4-13(9-12)10-16(23)24/h1-6,9,11H,7-8,10H2,(H2,20,22)(H,21,25)(H,23,24). The SMILES string of the molecule is NC(I)=Nc1cccc(C(=O)NCCc2cccc(CC(=O)O)c2)c1. The molecule has 0 aliphatic rings. The van der Waals surface area contributed by atoms with Gasteiger partial charge in [0, 0.05) is 12.1 Å². The molecule has 0 radical (unpaired) electrons. The van der Waals surface area contributed by atoms with E-state index in [1.165, 1.54) is 0 Å². The molecular formula is C18H18IN3O3. The van der Waals surface area contributed by atoms with Crippen LogP contribution in [0.15, 0.2) is 53.5 Å². The lowest BCUT2D eigenvalue weighted by atomic mass is 10.1. The number of amides is 1. The molecule has 2 rings (SSSR count). The molecular weight excluding hydrogens is 433 g/mol. The maximum absolute atomic E-state index is 12.2. The van der Waals surface area contributed by atoms with E-state index in [1.54, 1.807) is 30.3 Å². The smallest absolute Gasteiger partial charge is 0.307 e. The Bertz CT molecular complexity index is 802. The van der Waals surface area contributed by atoms with Gasteiger partial charge in [-0.15, -0.1) is 0 Å². The number of carboxylic acids is 1. The maximum Gasteiger partial charge on any atom is 0.307 e. The number of halogens is 1. The van der Waals surface area contributed by atoms with E-state index >= 15 is 0 Å². The number of benzene rings is 2. The Morgan fingerprint density at radius 2 is 1.84 bits per heavy atom. The van der Waals surface area contributed by atoms with Gasteiger partial charge in [-0.2, -0.15) is 0 Å². The van der Waals surface area contributed by atoms with Crippen LogP contribution in [0.25, 0.3) is 0 Å². The first-order chi connectivity index (χ1) is 11.9. The van der Waals surface area contributed by atoms with Crippen LogP contribution in [0.2, 0.25) is 0 Å². The largest absolute Gasteiger partial charge is 0.481 e. The number of carbonyl (C=O) groups is 2. The molecule has 0 aliphatic carbocycles. The summed E-state index contributed by atoms with van der Waals surface area (Å²) >= 11 is 1.90. The second kappa shape index (κ2) is 9.16. The summed E-state index contributed by atoms with van der Waals surface area (Å²) in [5, 5.41) is 11.7. The molecule has 0 aliphatic heterocycles. The van der Waals surface area contributed by atoms with E-state index in [1.807, 2.05) is 40.8 Å². The average Bonchev–Trinajstić information content (AvgIpc) is 2.54. The molecule has 0 heterocycles. The van der Waals surface area contributed by atoms with Crippen molar-refractivity contribution in [2.75, 3.05) is 6.54 Å². The normalized spacial score (nSPS) is 11.2. The maximum atomic E-state index is 12.2. The van der Waals surface area contributed by atoms with E-state index in [9.17, 15) is 9.59 Å². The van der Waals surface area contributed by atoms with E-state index in [0.29, 0.717) is 28.1 Å². The van der Waals surface area contributed by atoms with Crippen molar-refractivity contribution in [2.45, 2.75) is 12.8 Å². The van der Waals surface area contributed by atoms with Crippen molar-refractivity contribution in [3.05, 3.63) is 65.2 Å². The summed E-state index contributed by atoms with van der Waals surface area (Å²) in [5.74, 6) is -1.05. The van der Waals surface area contributed by atoms with Gasteiger partial charge in [-0.05, 0) is 58.3 Å². The molecule has 1 amide bonds. The Morgan fingerprint density at radius 1 is 1.12 bits per heavy atom. The number of carboxylic acid groups (broad SMARTS) is 1. The predicted molar refractivity (Wildman–Crippen MR) is 106 cm³/mol. The van der Waals surface area contributed by atoms with Crippen molar-refractivity contribution in [1.29, 1.82) is 0 Å². The average molecular weight is 451 g/mol. The first-order valence-electron chi connectivity index (χ1n) is 7.61. The number of nitrogens with zero attached hydrogens (tertiary/aromatic N) is 1. The fourth-order valence-corrected chi connectivity index (χ4v) is 2.61. The Kier molecular flexibility index (Phi) is 6.93. The quantitative estimate of drug-likeness (QED) is 0.261. The summed E-state index contributed by atoms with van der Waals surface area (Å²) in [6.07, 6.45) is 0.616. The summed E-state index contributed by atoms with van der Waals surface area (Å²) in [7, 11) is 0. The summed E-state index contributed by atoms with van der Waals surface area (Å²) in [6, 6.07) is 14.3. The minimum absolute atomic E-state index is 0.00650. The van der Waals surface area contributed by atoms with Crippen LogP contribution < -0.4 is 11.1 Å². The first kappa shape index (κ1) is 18.9. The lowest BCUT2D eigenvalue weighted by Crippen LogP contribution is -2.25. The number of aliphatic carboxylic acids is 1. The van der Waals surface area contributed by atoms with Crippen molar-refractivity contribution < 1.29 is 14.7 Å². The van der Waals surface area contributed by atoms with Crippen LogP contribution >= 0.6 is 22.6 Å². The molecule has 0 fully saturated rings. The number of nitrogens with one attached hydrogen (secondary N) is 1. The van der Waals surface area contributed by atoms with Gasteiger partial charge in [0.15, 0.2) is 3.84 Å².